The second-order valence-electron chi connectivity index (χ2n) is 3.17. The van der Waals surface area contributed by atoms with E-state index in [0.29, 0.717) is 4.73 Å². The number of nitrogens with one attached hydrogen (secondary N) is 1. The molecule has 0 fully saturated rings. The third kappa shape index (κ3) is 2.56. The zero-order chi connectivity index (χ0) is 10.7. The zero-order valence-electron chi connectivity index (χ0n) is 8.31. The molecule has 2 aromatic rings. The van der Waals surface area contributed by atoms with Crippen molar-refractivity contribution in [2.24, 2.45) is 7.05 Å². The van der Waals surface area contributed by atoms with E-state index in [0.717, 1.165) is 12.5 Å². The first-order chi connectivity index (χ1) is 7.25. The third-order valence-corrected chi connectivity index (χ3v) is 2.37. The average Bonchev–Trinajstić information content (AvgIpc) is 2.56. The molecule has 0 radical (unpaired) electrons. The van der Waals surface area contributed by atoms with E-state index < -0.39 is 0 Å². The number of aromatic nitrogens is 3. The second kappa shape index (κ2) is 4.44. The molecule has 15 heavy (non-hydrogen) atoms. The van der Waals surface area contributed by atoms with Gasteiger partial charge in [0.2, 0.25) is 10.7 Å². The average molecular weight is 267 g/mol. The topological polar surface area (TPSA) is 42.7 Å². The summed E-state index contributed by atoms with van der Waals surface area (Å²) in [5, 5.41) is 7.29. The van der Waals surface area contributed by atoms with Crippen molar-refractivity contribution in [2.75, 3.05) is 5.32 Å². The molecular formula is C10H11BrN4. The predicted octanol–water partition coefficient (Wildman–Crippen LogP) is 2.19. The minimum absolute atomic E-state index is 0.598. The molecule has 78 valence electrons. The number of hydrogen-bond donors (Lipinski definition) is 1. The number of benzene rings is 1. The van der Waals surface area contributed by atoms with Crippen molar-refractivity contribution in [3.63, 3.8) is 0 Å². The smallest absolute Gasteiger partial charge is 0.222 e. The van der Waals surface area contributed by atoms with E-state index in [1.54, 1.807) is 4.68 Å². The van der Waals surface area contributed by atoms with Crippen molar-refractivity contribution in [3.05, 3.63) is 40.6 Å². The van der Waals surface area contributed by atoms with Crippen molar-refractivity contribution in [3.8, 4) is 0 Å². The van der Waals surface area contributed by atoms with Crippen LogP contribution in [-0.4, -0.2) is 14.8 Å². The van der Waals surface area contributed by atoms with Gasteiger partial charge in [-0.05, 0) is 21.5 Å². The highest BCUT2D eigenvalue weighted by atomic mass is 79.9. The monoisotopic (exact) mass is 266 g/mol. The molecule has 0 aliphatic rings. The molecule has 0 spiro atoms. The lowest BCUT2D eigenvalue weighted by Crippen LogP contribution is -2.05. The quantitative estimate of drug-likeness (QED) is 0.926. The van der Waals surface area contributed by atoms with Crippen LogP contribution in [-0.2, 0) is 13.6 Å². The Morgan fingerprint density at radius 3 is 2.67 bits per heavy atom. The van der Waals surface area contributed by atoms with E-state index >= 15 is 0 Å². The predicted molar refractivity (Wildman–Crippen MR) is 62.5 cm³/mol. The molecule has 0 amide bonds. The van der Waals surface area contributed by atoms with Crippen LogP contribution in [0.15, 0.2) is 35.1 Å². The molecule has 1 aromatic carbocycles. The van der Waals surface area contributed by atoms with Crippen LogP contribution in [0.4, 0.5) is 5.95 Å². The molecule has 0 atom stereocenters. The van der Waals surface area contributed by atoms with Gasteiger partial charge in [-0.25, -0.2) is 4.68 Å². The summed E-state index contributed by atoms with van der Waals surface area (Å²) in [6, 6.07) is 10.2. The van der Waals surface area contributed by atoms with Gasteiger partial charge in [0.1, 0.15) is 0 Å². The number of halogens is 1. The van der Waals surface area contributed by atoms with E-state index in [1.807, 2.05) is 25.2 Å². The molecule has 0 saturated carbocycles. The fourth-order valence-electron chi connectivity index (χ4n) is 1.28. The van der Waals surface area contributed by atoms with Gasteiger partial charge < -0.3 is 5.32 Å². The first kappa shape index (κ1) is 10.2. The summed E-state index contributed by atoms with van der Waals surface area (Å²) >= 11 is 3.23. The van der Waals surface area contributed by atoms with Gasteiger partial charge in [-0.3, -0.25) is 0 Å². The number of anilines is 1. The highest BCUT2D eigenvalue weighted by Crippen LogP contribution is 2.09. The van der Waals surface area contributed by atoms with Gasteiger partial charge in [-0.15, -0.1) is 5.10 Å². The van der Waals surface area contributed by atoms with Gasteiger partial charge in [0, 0.05) is 13.6 Å². The summed E-state index contributed by atoms with van der Waals surface area (Å²) in [6.45, 7) is 0.750. The van der Waals surface area contributed by atoms with Crippen LogP contribution in [0.25, 0.3) is 0 Å². The lowest BCUT2D eigenvalue weighted by molar-refractivity contribution is 0.761. The number of hydrogen-bond acceptors (Lipinski definition) is 3. The van der Waals surface area contributed by atoms with Gasteiger partial charge in [-0.2, -0.15) is 4.98 Å². The summed E-state index contributed by atoms with van der Waals surface area (Å²) < 4.78 is 2.30. The molecule has 4 nitrogen and oxygen atoms in total. The molecule has 0 saturated heterocycles. The van der Waals surface area contributed by atoms with Crippen LogP contribution in [0.3, 0.4) is 0 Å². The van der Waals surface area contributed by atoms with E-state index in [-0.39, 0.29) is 0 Å². The lowest BCUT2D eigenvalue weighted by Gasteiger charge is -2.04. The first-order valence-electron chi connectivity index (χ1n) is 4.60. The Balaban J connectivity index is 2.02. The third-order valence-electron chi connectivity index (χ3n) is 2.03. The fraction of sp³-hybridized carbons (Fsp3) is 0.200. The van der Waals surface area contributed by atoms with Crippen LogP contribution in [0.1, 0.15) is 5.56 Å². The molecule has 0 unspecified atom stereocenters. The maximum Gasteiger partial charge on any atom is 0.222 e. The molecule has 0 bridgehead atoms. The summed E-state index contributed by atoms with van der Waals surface area (Å²) in [7, 11) is 1.85. The van der Waals surface area contributed by atoms with Crippen molar-refractivity contribution in [2.45, 2.75) is 6.54 Å². The van der Waals surface area contributed by atoms with Gasteiger partial charge in [0.15, 0.2) is 0 Å². The Hall–Kier alpha value is -1.36. The van der Waals surface area contributed by atoms with Crippen LogP contribution in [0, 0.1) is 0 Å². The van der Waals surface area contributed by atoms with Crippen LogP contribution < -0.4 is 5.32 Å². The number of aryl methyl sites for hydroxylation is 1. The van der Waals surface area contributed by atoms with E-state index in [4.69, 9.17) is 0 Å². The summed E-state index contributed by atoms with van der Waals surface area (Å²) in [4.78, 5) is 4.18. The number of nitrogens with zero attached hydrogens (tertiary/aromatic N) is 3. The van der Waals surface area contributed by atoms with Gasteiger partial charge in [-0.1, -0.05) is 30.3 Å². The summed E-state index contributed by atoms with van der Waals surface area (Å²) in [5.41, 5.74) is 1.22. The Morgan fingerprint density at radius 2 is 2.07 bits per heavy atom. The van der Waals surface area contributed by atoms with Crippen molar-refractivity contribution >= 4 is 21.9 Å². The van der Waals surface area contributed by atoms with Crippen LogP contribution in [0.5, 0.6) is 0 Å². The molecule has 1 aromatic heterocycles. The van der Waals surface area contributed by atoms with Crippen molar-refractivity contribution < 1.29 is 0 Å². The van der Waals surface area contributed by atoms with Crippen molar-refractivity contribution in [1.29, 1.82) is 0 Å². The Morgan fingerprint density at radius 1 is 1.33 bits per heavy atom. The highest BCUT2D eigenvalue weighted by Gasteiger charge is 2.03. The zero-order valence-corrected chi connectivity index (χ0v) is 9.90. The van der Waals surface area contributed by atoms with E-state index in [9.17, 15) is 0 Å². The highest BCUT2D eigenvalue weighted by molar-refractivity contribution is 9.10. The standard InChI is InChI=1S/C10H11BrN4/c1-15-10(13-9(11)14-15)12-7-8-5-3-2-4-6-8/h2-6H,7H2,1H3,(H,12,13,14). The van der Waals surface area contributed by atoms with Crippen LogP contribution in [0.2, 0.25) is 0 Å². The maximum absolute atomic E-state index is 4.18. The number of rotatable bonds is 3. The van der Waals surface area contributed by atoms with Gasteiger partial charge >= 0.3 is 0 Å². The fourth-order valence-corrected chi connectivity index (χ4v) is 1.69. The molecule has 5 heteroatoms. The van der Waals surface area contributed by atoms with E-state index in [2.05, 4.69) is 43.5 Å². The van der Waals surface area contributed by atoms with Gasteiger partial charge in [0.25, 0.3) is 0 Å². The molecular weight excluding hydrogens is 256 g/mol. The van der Waals surface area contributed by atoms with Crippen molar-refractivity contribution in [1.82, 2.24) is 14.8 Å². The maximum atomic E-state index is 4.18. The lowest BCUT2D eigenvalue weighted by atomic mass is 10.2. The summed E-state index contributed by atoms with van der Waals surface area (Å²) in [5.74, 6) is 0.755. The Labute approximate surface area is 96.5 Å². The second-order valence-corrected chi connectivity index (χ2v) is 3.88. The summed E-state index contributed by atoms with van der Waals surface area (Å²) in [6.07, 6.45) is 0. The first-order valence-corrected chi connectivity index (χ1v) is 5.39. The molecule has 0 aliphatic carbocycles. The van der Waals surface area contributed by atoms with E-state index in [1.165, 1.54) is 5.56 Å². The van der Waals surface area contributed by atoms with Crippen LogP contribution >= 0.6 is 15.9 Å². The Bertz CT molecular complexity index is 438. The normalized spacial score (nSPS) is 10.3. The minimum atomic E-state index is 0.598. The SMILES string of the molecule is Cn1nc(Br)nc1NCc1ccccc1. The molecule has 1 heterocycles. The molecule has 0 aliphatic heterocycles. The largest absolute Gasteiger partial charge is 0.350 e. The molecule has 1 N–H and O–H groups in total. The minimum Gasteiger partial charge on any atom is -0.350 e. The Kier molecular flexibility index (Phi) is 3.01. The van der Waals surface area contributed by atoms with Gasteiger partial charge in [0.05, 0.1) is 0 Å². The molecule has 2 rings (SSSR count).